The van der Waals surface area contributed by atoms with Gasteiger partial charge < -0.3 is 4.74 Å². The first-order valence-electron chi connectivity index (χ1n) is 12.7. The fourth-order valence-corrected chi connectivity index (χ4v) is 3.77. The number of unbranched alkanes of at least 4 members (excludes halogenated alkanes) is 7. The minimum Gasteiger partial charge on any atom is -0.423 e. The Hall–Kier alpha value is -2.23. The summed E-state index contributed by atoms with van der Waals surface area (Å²) in [6.45, 7) is 6.71. The van der Waals surface area contributed by atoms with E-state index in [1.807, 2.05) is 0 Å². The zero-order valence-electron chi connectivity index (χ0n) is 20.4. The van der Waals surface area contributed by atoms with Gasteiger partial charge in [-0.15, -0.1) is 0 Å². The number of hydrogen-bond acceptors (Lipinski definition) is 4. The molecule has 176 valence electrons. The van der Waals surface area contributed by atoms with Crippen LogP contribution in [0.2, 0.25) is 0 Å². The number of hydrogen-bond donors (Lipinski definition) is 0. The molecule has 0 saturated carbocycles. The summed E-state index contributed by atoms with van der Waals surface area (Å²) in [4.78, 5) is 20.8. The van der Waals surface area contributed by atoms with Crippen LogP contribution in [0.15, 0.2) is 36.7 Å². The first-order chi connectivity index (χ1) is 15.6. The third-order valence-electron chi connectivity index (χ3n) is 6.17. The summed E-state index contributed by atoms with van der Waals surface area (Å²) >= 11 is 0. The van der Waals surface area contributed by atoms with E-state index in [-0.39, 0.29) is 5.97 Å². The number of aryl methyl sites for hydroxylation is 1. The van der Waals surface area contributed by atoms with E-state index in [1.165, 1.54) is 63.4 Å². The van der Waals surface area contributed by atoms with Crippen LogP contribution in [-0.4, -0.2) is 15.9 Å². The van der Waals surface area contributed by atoms with E-state index in [1.54, 1.807) is 12.4 Å². The molecule has 1 aromatic carbocycles. The Morgan fingerprint density at radius 2 is 1.53 bits per heavy atom. The molecule has 4 heteroatoms. The van der Waals surface area contributed by atoms with E-state index in [9.17, 15) is 4.79 Å². The van der Waals surface area contributed by atoms with Crippen LogP contribution in [0.25, 0.3) is 11.4 Å². The molecule has 0 aliphatic carbocycles. The normalized spacial score (nSPS) is 12.0. The Morgan fingerprint density at radius 3 is 2.19 bits per heavy atom. The predicted molar refractivity (Wildman–Crippen MR) is 133 cm³/mol. The second kappa shape index (κ2) is 15.6. The fourth-order valence-electron chi connectivity index (χ4n) is 3.77. The van der Waals surface area contributed by atoms with Crippen LogP contribution in [0.4, 0.5) is 0 Å². The van der Waals surface area contributed by atoms with Gasteiger partial charge in [0.15, 0.2) is 11.6 Å². The Bertz CT molecular complexity index is 756. The minimum atomic E-state index is -0.208. The molecule has 0 aliphatic heterocycles. The highest BCUT2D eigenvalue weighted by atomic mass is 16.5. The van der Waals surface area contributed by atoms with E-state index >= 15 is 0 Å². The number of ether oxygens (including phenoxy) is 1. The highest BCUT2D eigenvalue weighted by Crippen LogP contribution is 2.19. The van der Waals surface area contributed by atoms with E-state index in [0.29, 0.717) is 18.0 Å². The van der Waals surface area contributed by atoms with Gasteiger partial charge in [-0.25, -0.2) is 9.97 Å². The highest BCUT2D eigenvalue weighted by Gasteiger charge is 2.08. The highest BCUT2D eigenvalue weighted by molar-refractivity contribution is 5.72. The van der Waals surface area contributed by atoms with E-state index in [2.05, 4.69) is 55.0 Å². The quantitative estimate of drug-likeness (QED) is 0.197. The zero-order chi connectivity index (χ0) is 23.0. The summed E-state index contributed by atoms with van der Waals surface area (Å²) in [7, 11) is 0. The van der Waals surface area contributed by atoms with Crippen molar-refractivity contribution in [2.45, 2.75) is 104 Å². The van der Waals surface area contributed by atoms with Crippen LogP contribution in [-0.2, 0) is 11.2 Å². The molecule has 0 fully saturated rings. The Morgan fingerprint density at radius 1 is 0.875 bits per heavy atom. The molecular weight excluding hydrogens is 396 g/mol. The molecule has 0 aliphatic rings. The van der Waals surface area contributed by atoms with E-state index in [0.717, 1.165) is 30.7 Å². The first-order valence-corrected chi connectivity index (χ1v) is 12.7. The largest absolute Gasteiger partial charge is 0.423 e. The molecule has 0 spiro atoms. The van der Waals surface area contributed by atoms with Crippen molar-refractivity contribution in [2.75, 3.05) is 0 Å². The van der Waals surface area contributed by atoms with E-state index in [4.69, 9.17) is 4.74 Å². The average Bonchev–Trinajstić information content (AvgIpc) is 2.82. The lowest BCUT2D eigenvalue weighted by molar-refractivity contribution is -0.134. The van der Waals surface area contributed by atoms with Crippen LogP contribution in [0.5, 0.6) is 5.75 Å². The lowest BCUT2D eigenvalue weighted by Crippen LogP contribution is -2.08. The third-order valence-corrected chi connectivity index (χ3v) is 6.17. The second-order valence-electron chi connectivity index (χ2n) is 9.04. The molecule has 0 amide bonds. The number of nitrogens with zero attached hydrogens (tertiary/aromatic N) is 2. The van der Waals surface area contributed by atoms with Crippen molar-refractivity contribution in [1.29, 1.82) is 0 Å². The predicted octanol–water partition coefficient (Wildman–Crippen LogP) is 7.95. The maximum atomic E-state index is 12.0. The maximum absolute atomic E-state index is 12.0. The van der Waals surface area contributed by atoms with Crippen LogP contribution < -0.4 is 4.74 Å². The molecule has 0 saturated heterocycles. The number of benzene rings is 1. The van der Waals surface area contributed by atoms with Crippen LogP contribution >= 0.6 is 0 Å². The van der Waals surface area contributed by atoms with Gasteiger partial charge in [-0.05, 0) is 30.7 Å². The fraction of sp³-hybridized carbons (Fsp3) is 0.607. The summed E-state index contributed by atoms with van der Waals surface area (Å²) < 4.78 is 5.38. The lowest BCUT2D eigenvalue weighted by Gasteiger charge is -2.08. The van der Waals surface area contributed by atoms with Crippen molar-refractivity contribution in [3.05, 3.63) is 42.2 Å². The molecule has 0 N–H and O–H groups in total. The summed E-state index contributed by atoms with van der Waals surface area (Å²) in [5.41, 5.74) is 2.34. The number of carbonyl (C=O) groups is 1. The second-order valence-corrected chi connectivity index (χ2v) is 9.04. The van der Waals surface area contributed by atoms with Crippen molar-refractivity contribution in [2.24, 2.45) is 5.92 Å². The molecule has 0 bridgehead atoms. The Kier molecular flexibility index (Phi) is 12.6. The van der Waals surface area contributed by atoms with Gasteiger partial charge in [0.05, 0.1) is 12.4 Å². The van der Waals surface area contributed by atoms with Crippen LogP contribution in [0.3, 0.4) is 0 Å². The maximum Gasteiger partial charge on any atom is 0.311 e. The summed E-state index contributed by atoms with van der Waals surface area (Å²) in [6.07, 6.45) is 18.4. The van der Waals surface area contributed by atoms with Gasteiger partial charge in [0.25, 0.3) is 0 Å². The molecule has 2 aromatic rings. The Balaban J connectivity index is 1.71. The summed E-state index contributed by atoms with van der Waals surface area (Å²) in [6, 6.07) is 8.50. The van der Waals surface area contributed by atoms with Gasteiger partial charge in [-0.1, -0.05) is 103 Å². The monoisotopic (exact) mass is 438 g/mol. The van der Waals surface area contributed by atoms with Gasteiger partial charge >= 0.3 is 5.97 Å². The zero-order valence-corrected chi connectivity index (χ0v) is 20.4. The standard InChI is InChI=1S/C28H42N2O2/c1-4-6-7-8-9-10-11-15-24-17-19-25(20-18-24)28-29-21-26(22-30-28)32-27(31)16-13-12-14-23(3)5-2/h17-23H,4-16H2,1-3H3. The molecule has 4 nitrogen and oxygen atoms in total. The molecule has 1 unspecified atom stereocenters. The molecule has 1 atom stereocenters. The summed E-state index contributed by atoms with van der Waals surface area (Å²) in [5, 5.41) is 0. The van der Waals surface area contributed by atoms with Crippen LogP contribution in [0.1, 0.15) is 103 Å². The summed E-state index contributed by atoms with van der Waals surface area (Å²) in [5.74, 6) is 1.58. The van der Waals surface area contributed by atoms with Gasteiger partial charge in [-0.3, -0.25) is 4.79 Å². The molecule has 1 aromatic heterocycles. The number of rotatable bonds is 16. The number of aromatic nitrogens is 2. The van der Waals surface area contributed by atoms with E-state index < -0.39 is 0 Å². The van der Waals surface area contributed by atoms with Crippen molar-refractivity contribution in [3.63, 3.8) is 0 Å². The van der Waals surface area contributed by atoms with Gasteiger partial charge in [0.1, 0.15) is 0 Å². The topological polar surface area (TPSA) is 52.1 Å². The van der Waals surface area contributed by atoms with Crippen LogP contribution in [0, 0.1) is 5.92 Å². The minimum absolute atomic E-state index is 0.208. The van der Waals surface area contributed by atoms with Gasteiger partial charge in [-0.2, -0.15) is 0 Å². The van der Waals surface area contributed by atoms with Gasteiger partial charge in [0, 0.05) is 12.0 Å². The van der Waals surface area contributed by atoms with Crippen molar-refractivity contribution in [1.82, 2.24) is 9.97 Å². The van der Waals surface area contributed by atoms with Crippen molar-refractivity contribution >= 4 is 5.97 Å². The SMILES string of the molecule is CCCCCCCCCc1ccc(-c2ncc(OC(=O)CCCCC(C)CC)cn2)cc1. The molecular formula is C28H42N2O2. The lowest BCUT2D eigenvalue weighted by atomic mass is 10.0. The third kappa shape index (κ3) is 10.4. The Labute approximate surface area is 195 Å². The van der Waals surface area contributed by atoms with Crippen molar-refractivity contribution < 1.29 is 9.53 Å². The van der Waals surface area contributed by atoms with Crippen molar-refractivity contribution in [3.8, 4) is 17.1 Å². The molecule has 1 heterocycles. The first kappa shape index (κ1) is 26.0. The number of carbonyl (C=O) groups excluding carboxylic acids is 1. The molecule has 32 heavy (non-hydrogen) atoms. The molecule has 2 rings (SSSR count). The molecule has 0 radical (unpaired) electrons. The number of esters is 1. The smallest absolute Gasteiger partial charge is 0.311 e. The van der Waals surface area contributed by atoms with Gasteiger partial charge in [0.2, 0.25) is 0 Å². The average molecular weight is 439 g/mol.